The van der Waals surface area contributed by atoms with Gasteiger partial charge in [-0.25, -0.2) is 13.8 Å². The van der Waals surface area contributed by atoms with Crippen molar-refractivity contribution >= 4 is 16.3 Å². The summed E-state index contributed by atoms with van der Waals surface area (Å²) in [6.45, 7) is 4.01. The van der Waals surface area contributed by atoms with Crippen LogP contribution in [0.15, 0.2) is 24.4 Å². The van der Waals surface area contributed by atoms with E-state index in [-0.39, 0.29) is 0 Å². The molecular formula is C13H10F2N2S. The monoisotopic (exact) mass is 264 g/mol. The van der Waals surface area contributed by atoms with Gasteiger partial charge in [-0.2, -0.15) is 0 Å². The van der Waals surface area contributed by atoms with Crippen LogP contribution in [0.1, 0.15) is 10.6 Å². The van der Waals surface area contributed by atoms with Crippen molar-refractivity contribution in [3.63, 3.8) is 0 Å². The Bertz CT molecular complexity index is 743. The molecule has 5 heteroatoms. The number of halogens is 2. The molecule has 0 saturated heterocycles. The molecular weight excluding hydrogens is 254 g/mol. The Morgan fingerprint density at radius 1 is 1.22 bits per heavy atom. The first-order chi connectivity index (χ1) is 8.56. The first kappa shape index (κ1) is 11.3. The highest BCUT2D eigenvalue weighted by Gasteiger charge is 2.13. The van der Waals surface area contributed by atoms with E-state index in [0.717, 1.165) is 16.7 Å². The van der Waals surface area contributed by atoms with Crippen LogP contribution >= 0.6 is 11.3 Å². The SMILES string of the molecule is Cc1sc2nc(-c3ccc(F)cc3F)cn2c1C. The Morgan fingerprint density at radius 3 is 2.67 bits per heavy atom. The van der Waals surface area contributed by atoms with Crippen molar-refractivity contribution in [2.75, 3.05) is 0 Å². The summed E-state index contributed by atoms with van der Waals surface area (Å²) < 4.78 is 28.5. The van der Waals surface area contributed by atoms with Gasteiger partial charge in [-0.15, -0.1) is 11.3 Å². The molecule has 0 atom stereocenters. The fraction of sp³-hybridized carbons (Fsp3) is 0.154. The van der Waals surface area contributed by atoms with Crippen molar-refractivity contribution in [2.24, 2.45) is 0 Å². The molecule has 92 valence electrons. The van der Waals surface area contributed by atoms with Gasteiger partial charge in [0, 0.05) is 28.4 Å². The van der Waals surface area contributed by atoms with E-state index in [1.165, 1.54) is 17.0 Å². The van der Waals surface area contributed by atoms with Gasteiger partial charge in [0.2, 0.25) is 0 Å². The Morgan fingerprint density at radius 2 is 2.00 bits per heavy atom. The molecule has 0 bridgehead atoms. The van der Waals surface area contributed by atoms with Crippen LogP contribution in [0.4, 0.5) is 8.78 Å². The molecule has 0 N–H and O–H groups in total. The summed E-state index contributed by atoms with van der Waals surface area (Å²) in [5, 5.41) is 0. The summed E-state index contributed by atoms with van der Waals surface area (Å²) in [5.74, 6) is -1.17. The Labute approximate surface area is 107 Å². The number of benzene rings is 1. The molecule has 2 nitrogen and oxygen atoms in total. The van der Waals surface area contributed by atoms with Gasteiger partial charge < -0.3 is 0 Å². The Hall–Kier alpha value is -1.75. The van der Waals surface area contributed by atoms with Crippen LogP contribution in [-0.2, 0) is 0 Å². The largest absolute Gasteiger partial charge is 0.294 e. The zero-order chi connectivity index (χ0) is 12.9. The molecule has 0 spiro atoms. The zero-order valence-corrected chi connectivity index (χ0v) is 10.7. The fourth-order valence-corrected chi connectivity index (χ4v) is 2.83. The van der Waals surface area contributed by atoms with Crippen molar-refractivity contribution in [1.29, 1.82) is 0 Å². The minimum Gasteiger partial charge on any atom is -0.294 e. The molecule has 0 fully saturated rings. The topological polar surface area (TPSA) is 17.3 Å². The maximum atomic E-state index is 13.7. The summed E-state index contributed by atoms with van der Waals surface area (Å²) in [4.78, 5) is 6.38. The van der Waals surface area contributed by atoms with E-state index < -0.39 is 11.6 Å². The quantitative estimate of drug-likeness (QED) is 0.650. The number of aromatic nitrogens is 2. The first-order valence-electron chi connectivity index (χ1n) is 5.47. The molecule has 0 aliphatic rings. The molecule has 0 aliphatic heterocycles. The van der Waals surface area contributed by atoms with Crippen LogP contribution < -0.4 is 0 Å². The highest BCUT2D eigenvalue weighted by Crippen LogP contribution is 2.28. The van der Waals surface area contributed by atoms with E-state index >= 15 is 0 Å². The minimum atomic E-state index is -0.588. The maximum absolute atomic E-state index is 13.7. The van der Waals surface area contributed by atoms with Gasteiger partial charge in [0.15, 0.2) is 4.96 Å². The van der Waals surface area contributed by atoms with E-state index in [2.05, 4.69) is 4.98 Å². The molecule has 0 aliphatic carbocycles. The number of hydrogen-bond donors (Lipinski definition) is 0. The van der Waals surface area contributed by atoms with E-state index in [9.17, 15) is 8.78 Å². The Kier molecular flexibility index (Phi) is 2.45. The van der Waals surface area contributed by atoms with Gasteiger partial charge >= 0.3 is 0 Å². The van der Waals surface area contributed by atoms with E-state index in [0.29, 0.717) is 11.3 Å². The highest BCUT2D eigenvalue weighted by molar-refractivity contribution is 7.17. The second-order valence-corrected chi connectivity index (χ2v) is 5.33. The number of thiazole rings is 1. The molecule has 0 saturated carbocycles. The first-order valence-corrected chi connectivity index (χ1v) is 6.28. The molecule has 2 aromatic heterocycles. The van der Waals surface area contributed by atoms with Crippen molar-refractivity contribution in [3.8, 4) is 11.3 Å². The third-order valence-corrected chi connectivity index (χ3v) is 4.07. The molecule has 18 heavy (non-hydrogen) atoms. The molecule has 0 amide bonds. The molecule has 0 radical (unpaired) electrons. The lowest BCUT2D eigenvalue weighted by atomic mass is 10.1. The summed E-state index contributed by atoms with van der Waals surface area (Å²) in [5.41, 5.74) is 1.95. The molecule has 1 aromatic carbocycles. The average Bonchev–Trinajstić information content (AvgIpc) is 2.81. The second kappa shape index (κ2) is 3.88. The van der Waals surface area contributed by atoms with Crippen LogP contribution in [0.2, 0.25) is 0 Å². The number of fused-ring (bicyclic) bond motifs is 1. The van der Waals surface area contributed by atoms with Gasteiger partial charge in [-0.05, 0) is 26.0 Å². The standard InChI is InChI=1S/C13H10F2N2S/c1-7-8(2)18-13-16-12(6-17(7)13)10-4-3-9(14)5-11(10)15/h3-6H,1-2H3. The zero-order valence-electron chi connectivity index (χ0n) is 9.87. The number of hydrogen-bond acceptors (Lipinski definition) is 2. The predicted molar refractivity (Wildman–Crippen MR) is 67.9 cm³/mol. The minimum absolute atomic E-state index is 0.323. The summed E-state index contributed by atoms with van der Waals surface area (Å²) in [7, 11) is 0. The van der Waals surface area contributed by atoms with Crippen molar-refractivity contribution in [1.82, 2.24) is 9.38 Å². The molecule has 0 unspecified atom stereocenters. The van der Waals surface area contributed by atoms with Gasteiger partial charge in [0.1, 0.15) is 11.6 Å². The summed E-state index contributed by atoms with van der Waals surface area (Å²) >= 11 is 1.56. The number of imidazole rings is 1. The molecule has 3 rings (SSSR count). The normalized spacial score (nSPS) is 11.3. The van der Waals surface area contributed by atoms with Crippen molar-refractivity contribution < 1.29 is 8.78 Å². The van der Waals surface area contributed by atoms with Crippen LogP contribution in [0.25, 0.3) is 16.2 Å². The maximum Gasteiger partial charge on any atom is 0.194 e. The lowest BCUT2D eigenvalue weighted by Gasteiger charge is -1.98. The van der Waals surface area contributed by atoms with Gasteiger partial charge in [0.05, 0.1) is 5.69 Å². The highest BCUT2D eigenvalue weighted by atomic mass is 32.1. The predicted octanol–water partition coefficient (Wildman–Crippen LogP) is 3.96. The average molecular weight is 264 g/mol. The van der Waals surface area contributed by atoms with E-state index in [1.807, 2.05) is 18.2 Å². The lowest BCUT2D eigenvalue weighted by molar-refractivity contribution is 0.585. The van der Waals surface area contributed by atoms with Crippen LogP contribution in [0, 0.1) is 25.5 Å². The molecule has 2 heterocycles. The second-order valence-electron chi connectivity index (χ2n) is 4.15. The van der Waals surface area contributed by atoms with Crippen molar-refractivity contribution in [3.05, 3.63) is 46.6 Å². The third-order valence-electron chi connectivity index (χ3n) is 3.00. The van der Waals surface area contributed by atoms with E-state index in [4.69, 9.17) is 0 Å². The summed E-state index contributed by atoms with van der Waals surface area (Å²) in [6.07, 6.45) is 1.78. The lowest BCUT2D eigenvalue weighted by Crippen LogP contribution is -1.86. The third kappa shape index (κ3) is 1.62. The van der Waals surface area contributed by atoms with E-state index in [1.54, 1.807) is 17.5 Å². The van der Waals surface area contributed by atoms with Crippen LogP contribution in [-0.4, -0.2) is 9.38 Å². The van der Waals surface area contributed by atoms with Crippen molar-refractivity contribution in [2.45, 2.75) is 13.8 Å². The fourth-order valence-electron chi connectivity index (χ4n) is 1.88. The smallest absolute Gasteiger partial charge is 0.194 e. The summed E-state index contributed by atoms with van der Waals surface area (Å²) in [6, 6.07) is 3.53. The number of aryl methyl sites for hydroxylation is 2. The Balaban J connectivity index is 2.19. The van der Waals surface area contributed by atoms with Gasteiger partial charge in [-0.1, -0.05) is 0 Å². The van der Waals surface area contributed by atoms with Gasteiger partial charge in [-0.3, -0.25) is 4.40 Å². The van der Waals surface area contributed by atoms with Gasteiger partial charge in [0.25, 0.3) is 0 Å². The number of rotatable bonds is 1. The van der Waals surface area contributed by atoms with Crippen LogP contribution in [0.5, 0.6) is 0 Å². The number of nitrogens with zero attached hydrogens (tertiary/aromatic N) is 2. The van der Waals surface area contributed by atoms with Crippen LogP contribution in [0.3, 0.4) is 0 Å². The molecule has 3 aromatic rings.